The number of aliphatic hydroxyl groups excluding tert-OH is 1. The van der Waals surface area contributed by atoms with Gasteiger partial charge in [0.05, 0.1) is 31.5 Å². The monoisotopic (exact) mass is 482 g/mol. The number of nitrogens with one attached hydrogen (secondary N) is 1. The number of benzene rings is 2. The first-order chi connectivity index (χ1) is 15.4. The van der Waals surface area contributed by atoms with E-state index in [2.05, 4.69) is 10.3 Å². The number of hydrogen-bond donors (Lipinski definition) is 3. The average Bonchev–Trinajstić information content (AvgIpc) is 2.75. The van der Waals surface area contributed by atoms with Crippen molar-refractivity contribution in [1.82, 2.24) is 4.98 Å². The van der Waals surface area contributed by atoms with Gasteiger partial charge in [-0.25, -0.2) is 0 Å². The topological polar surface area (TPSA) is 74.6 Å². The Labute approximate surface area is 195 Å². The third kappa shape index (κ3) is 5.34. The van der Waals surface area contributed by atoms with Gasteiger partial charge in [0.1, 0.15) is 5.75 Å². The Morgan fingerprint density at radius 1 is 1.09 bits per heavy atom. The SMILES string of the molecule is COc1cc(Cl)ccc1C(C)(C)CC(O)(CNc1cccc2nc(CO)ccc12)C(F)(F)F. The molecule has 3 rings (SSSR count). The lowest BCUT2D eigenvalue weighted by atomic mass is 9.74. The summed E-state index contributed by atoms with van der Waals surface area (Å²) < 4.78 is 47.7. The highest BCUT2D eigenvalue weighted by Gasteiger charge is 2.56. The first kappa shape index (κ1) is 25.1. The maximum absolute atomic E-state index is 14.1. The van der Waals surface area contributed by atoms with Crippen molar-refractivity contribution in [1.29, 1.82) is 0 Å². The molecule has 3 N–H and O–H groups in total. The van der Waals surface area contributed by atoms with Crippen LogP contribution in [0.1, 0.15) is 31.5 Å². The summed E-state index contributed by atoms with van der Waals surface area (Å²) in [5.74, 6) is 0.352. The first-order valence-electron chi connectivity index (χ1n) is 10.3. The number of methoxy groups -OCH3 is 1. The smallest absolute Gasteiger partial charge is 0.418 e. The minimum absolute atomic E-state index is 0.245. The van der Waals surface area contributed by atoms with Crippen molar-refractivity contribution in [2.45, 2.75) is 44.1 Å². The molecule has 0 aliphatic carbocycles. The van der Waals surface area contributed by atoms with Crippen molar-refractivity contribution in [3.8, 4) is 5.75 Å². The zero-order chi connectivity index (χ0) is 24.4. The van der Waals surface area contributed by atoms with Crippen LogP contribution in [0.2, 0.25) is 5.02 Å². The molecule has 3 aromatic rings. The molecule has 0 saturated carbocycles. The van der Waals surface area contributed by atoms with Crippen LogP contribution in [-0.2, 0) is 12.0 Å². The molecule has 2 aromatic carbocycles. The van der Waals surface area contributed by atoms with E-state index in [1.54, 1.807) is 56.3 Å². The van der Waals surface area contributed by atoms with Crippen molar-refractivity contribution in [3.05, 3.63) is 64.8 Å². The Hall–Kier alpha value is -2.55. The Kier molecular flexibility index (Phi) is 7.12. The predicted octanol–water partition coefficient (Wildman–Crippen LogP) is 5.46. The van der Waals surface area contributed by atoms with Crippen LogP contribution >= 0.6 is 11.6 Å². The molecule has 0 aliphatic rings. The highest BCUT2D eigenvalue weighted by atomic mass is 35.5. The van der Waals surface area contributed by atoms with Gasteiger partial charge in [-0.15, -0.1) is 0 Å². The molecule has 9 heteroatoms. The number of fused-ring (bicyclic) bond motifs is 1. The van der Waals surface area contributed by atoms with Gasteiger partial charge in [-0.2, -0.15) is 13.2 Å². The van der Waals surface area contributed by atoms with Gasteiger partial charge >= 0.3 is 6.18 Å². The molecule has 1 heterocycles. The summed E-state index contributed by atoms with van der Waals surface area (Å²) >= 11 is 6.00. The van der Waals surface area contributed by atoms with E-state index < -0.39 is 30.2 Å². The number of pyridine rings is 1. The lowest BCUT2D eigenvalue weighted by Crippen LogP contribution is -2.53. The third-order valence-corrected chi connectivity index (χ3v) is 5.91. The molecule has 1 aromatic heterocycles. The van der Waals surface area contributed by atoms with Crippen LogP contribution in [0, 0.1) is 0 Å². The molecule has 1 atom stereocenters. The zero-order valence-corrected chi connectivity index (χ0v) is 19.3. The summed E-state index contributed by atoms with van der Waals surface area (Å²) in [6, 6.07) is 13.0. The molecular formula is C24H26ClF3N2O3. The fraction of sp³-hybridized carbons (Fsp3) is 0.375. The fourth-order valence-electron chi connectivity index (χ4n) is 3.99. The predicted molar refractivity (Wildman–Crippen MR) is 123 cm³/mol. The number of rotatable bonds is 8. The van der Waals surface area contributed by atoms with Crippen molar-refractivity contribution in [3.63, 3.8) is 0 Å². The van der Waals surface area contributed by atoms with Gasteiger partial charge in [-0.3, -0.25) is 4.98 Å². The van der Waals surface area contributed by atoms with E-state index in [0.29, 0.717) is 38.6 Å². The van der Waals surface area contributed by atoms with Crippen LogP contribution in [0.15, 0.2) is 48.5 Å². The summed E-state index contributed by atoms with van der Waals surface area (Å²) in [7, 11) is 1.42. The normalized spacial score (nSPS) is 14.2. The quantitative estimate of drug-likeness (QED) is 0.397. The molecule has 0 radical (unpaired) electrons. The highest BCUT2D eigenvalue weighted by molar-refractivity contribution is 6.30. The van der Waals surface area contributed by atoms with E-state index in [1.807, 2.05) is 0 Å². The largest absolute Gasteiger partial charge is 0.496 e. The molecule has 33 heavy (non-hydrogen) atoms. The number of nitrogens with zero attached hydrogens (tertiary/aromatic N) is 1. The minimum Gasteiger partial charge on any atom is -0.496 e. The van der Waals surface area contributed by atoms with Crippen molar-refractivity contribution >= 4 is 28.2 Å². The third-order valence-electron chi connectivity index (χ3n) is 5.68. The summed E-state index contributed by atoms with van der Waals surface area (Å²) in [6.45, 7) is 2.23. The Bertz CT molecular complexity index is 1140. The average molecular weight is 483 g/mol. The second-order valence-electron chi connectivity index (χ2n) is 8.62. The van der Waals surface area contributed by atoms with Gasteiger partial charge in [-0.1, -0.05) is 37.6 Å². The van der Waals surface area contributed by atoms with Gasteiger partial charge in [0.25, 0.3) is 0 Å². The maximum atomic E-state index is 14.1. The second kappa shape index (κ2) is 9.37. The molecule has 1 unspecified atom stereocenters. The minimum atomic E-state index is -4.90. The molecule has 0 bridgehead atoms. The highest BCUT2D eigenvalue weighted by Crippen LogP contribution is 2.44. The fourth-order valence-corrected chi connectivity index (χ4v) is 4.16. The van der Waals surface area contributed by atoms with Gasteiger partial charge in [0.15, 0.2) is 5.60 Å². The lowest BCUT2D eigenvalue weighted by Gasteiger charge is -2.38. The summed E-state index contributed by atoms with van der Waals surface area (Å²) in [5, 5.41) is 23.9. The van der Waals surface area contributed by atoms with E-state index in [-0.39, 0.29) is 6.61 Å². The van der Waals surface area contributed by atoms with Crippen molar-refractivity contribution in [2.24, 2.45) is 0 Å². The maximum Gasteiger partial charge on any atom is 0.418 e. The van der Waals surface area contributed by atoms with Gasteiger partial charge in [0, 0.05) is 16.1 Å². The van der Waals surface area contributed by atoms with Crippen LogP contribution in [0.4, 0.5) is 18.9 Å². The van der Waals surface area contributed by atoms with Crippen molar-refractivity contribution in [2.75, 3.05) is 19.0 Å². The Morgan fingerprint density at radius 2 is 1.82 bits per heavy atom. The van der Waals surface area contributed by atoms with Crippen LogP contribution in [0.25, 0.3) is 10.9 Å². The number of anilines is 1. The van der Waals surface area contributed by atoms with E-state index in [0.717, 1.165) is 0 Å². The molecule has 0 spiro atoms. The van der Waals surface area contributed by atoms with Gasteiger partial charge < -0.3 is 20.3 Å². The van der Waals surface area contributed by atoms with Crippen molar-refractivity contribution < 1.29 is 28.1 Å². The molecule has 5 nitrogen and oxygen atoms in total. The van der Waals surface area contributed by atoms with Gasteiger partial charge in [0.2, 0.25) is 0 Å². The van der Waals surface area contributed by atoms with E-state index in [4.69, 9.17) is 16.3 Å². The van der Waals surface area contributed by atoms with Crippen LogP contribution in [0.3, 0.4) is 0 Å². The molecular weight excluding hydrogens is 457 g/mol. The molecule has 178 valence electrons. The zero-order valence-electron chi connectivity index (χ0n) is 18.5. The number of alkyl halides is 3. The second-order valence-corrected chi connectivity index (χ2v) is 9.06. The Balaban J connectivity index is 1.92. The van der Waals surface area contributed by atoms with Crippen LogP contribution < -0.4 is 10.1 Å². The lowest BCUT2D eigenvalue weighted by molar-refractivity contribution is -0.260. The summed E-state index contributed by atoms with van der Waals surface area (Å²) in [5.41, 5.74) is -2.27. The summed E-state index contributed by atoms with van der Waals surface area (Å²) in [4.78, 5) is 4.27. The van der Waals surface area contributed by atoms with E-state index in [1.165, 1.54) is 13.2 Å². The first-order valence-corrected chi connectivity index (χ1v) is 10.6. The molecule has 0 aliphatic heterocycles. The van der Waals surface area contributed by atoms with Crippen LogP contribution in [0.5, 0.6) is 5.75 Å². The van der Waals surface area contributed by atoms with Gasteiger partial charge in [-0.05, 0) is 53.8 Å². The number of halogens is 4. The molecule has 0 fully saturated rings. The number of aliphatic hydroxyl groups is 2. The van der Waals surface area contributed by atoms with E-state index in [9.17, 15) is 23.4 Å². The van der Waals surface area contributed by atoms with E-state index >= 15 is 0 Å². The standard InChI is InChI=1S/C24H26ClF3N2O3/c1-22(2,18-10-7-15(25)11-21(18)33-3)13-23(32,24(26,27)28)14-29-19-5-4-6-20-17(19)9-8-16(12-31)30-20/h4-11,29,31-32H,12-14H2,1-3H3. The molecule has 0 saturated heterocycles. The summed E-state index contributed by atoms with van der Waals surface area (Å²) in [6.07, 6.45) is -5.52. The molecule has 0 amide bonds. The van der Waals surface area contributed by atoms with Crippen LogP contribution in [-0.4, -0.2) is 40.6 Å². The number of ether oxygens (including phenoxy) is 1. The number of hydrogen-bond acceptors (Lipinski definition) is 5. The number of aromatic nitrogens is 1. The Morgan fingerprint density at radius 3 is 2.45 bits per heavy atom.